The zero-order valence-corrected chi connectivity index (χ0v) is 11.9. The highest BCUT2D eigenvalue weighted by atomic mass is 35.5. The van der Waals surface area contributed by atoms with Gasteiger partial charge in [0.2, 0.25) is 0 Å². The third-order valence-corrected chi connectivity index (χ3v) is 3.72. The van der Waals surface area contributed by atoms with Crippen molar-refractivity contribution in [3.63, 3.8) is 0 Å². The van der Waals surface area contributed by atoms with E-state index in [2.05, 4.69) is 15.0 Å². The highest BCUT2D eigenvalue weighted by molar-refractivity contribution is 6.30. The molecule has 0 bridgehead atoms. The summed E-state index contributed by atoms with van der Waals surface area (Å²) in [6.45, 7) is 2.62. The summed E-state index contributed by atoms with van der Waals surface area (Å²) in [6.07, 6.45) is 2.22. The fourth-order valence-corrected chi connectivity index (χ4v) is 2.59. The molecule has 6 heteroatoms. The molecule has 2 aromatic rings. The normalized spacial score (nSPS) is 20.2. The van der Waals surface area contributed by atoms with Crippen molar-refractivity contribution < 1.29 is 4.52 Å². The van der Waals surface area contributed by atoms with Gasteiger partial charge in [-0.15, -0.1) is 0 Å². The molecular weight excluding hydrogens is 276 g/mol. The van der Waals surface area contributed by atoms with Crippen LogP contribution in [0.15, 0.2) is 28.8 Å². The first-order valence-electron chi connectivity index (χ1n) is 6.77. The smallest absolute Gasteiger partial charge is 0.257 e. The van der Waals surface area contributed by atoms with Gasteiger partial charge < -0.3 is 10.3 Å². The molecule has 20 heavy (non-hydrogen) atoms. The Hall–Kier alpha value is -1.43. The fraction of sp³-hybridized carbons (Fsp3) is 0.429. The summed E-state index contributed by atoms with van der Waals surface area (Å²) in [5.74, 6) is 1.22. The minimum absolute atomic E-state index is 0.256. The van der Waals surface area contributed by atoms with Crippen molar-refractivity contribution in [1.82, 2.24) is 15.0 Å². The number of nitrogens with zero attached hydrogens (tertiary/aromatic N) is 3. The molecule has 1 fully saturated rings. The maximum atomic E-state index is 5.97. The van der Waals surface area contributed by atoms with Crippen molar-refractivity contribution in [3.05, 3.63) is 35.1 Å². The summed E-state index contributed by atoms with van der Waals surface area (Å²) in [6, 6.07) is 7.62. The number of halogens is 1. The molecule has 0 aliphatic carbocycles. The fourth-order valence-electron chi connectivity index (χ4n) is 2.46. The van der Waals surface area contributed by atoms with Gasteiger partial charge in [0, 0.05) is 23.2 Å². The minimum atomic E-state index is 0.256. The Bertz CT molecular complexity index is 569. The number of hydrogen-bond donors (Lipinski definition) is 1. The monoisotopic (exact) mass is 292 g/mol. The van der Waals surface area contributed by atoms with Gasteiger partial charge >= 0.3 is 0 Å². The van der Waals surface area contributed by atoms with Crippen LogP contribution in [-0.2, 0) is 6.54 Å². The van der Waals surface area contributed by atoms with E-state index in [1.54, 1.807) is 0 Å². The summed E-state index contributed by atoms with van der Waals surface area (Å²) in [5, 5.41) is 4.72. The lowest BCUT2D eigenvalue weighted by Crippen LogP contribution is -2.42. The SMILES string of the molecule is NC1CCCN(Cc2noc(-c3ccc(Cl)cc3)n2)C1. The van der Waals surface area contributed by atoms with Gasteiger partial charge in [-0.05, 0) is 43.7 Å². The molecule has 0 saturated carbocycles. The van der Waals surface area contributed by atoms with Gasteiger partial charge in [0.05, 0.1) is 6.54 Å². The van der Waals surface area contributed by atoms with Gasteiger partial charge in [-0.25, -0.2) is 0 Å². The number of piperidine rings is 1. The standard InChI is InChI=1S/C14H17ClN4O/c15-11-5-3-10(4-6-11)14-17-13(18-20-14)9-19-7-1-2-12(16)8-19/h3-6,12H,1-2,7-9,16H2. The Kier molecular flexibility index (Phi) is 4.00. The van der Waals surface area contributed by atoms with Gasteiger partial charge in [0.1, 0.15) is 0 Å². The van der Waals surface area contributed by atoms with Crippen LogP contribution in [0.5, 0.6) is 0 Å². The molecule has 5 nitrogen and oxygen atoms in total. The molecule has 1 aliphatic heterocycles. The number of likely N-dealkylation sites (tertiary alicyclic amines) is 1. The van der Waals surface area contributed by atoms with Crippen LogP contribution < -0.4 is 5.73 Å². The van der Waals surface area contributed by atoms with Crippen LogP contribution in [0.3, 0.4) is 0 Å². The Morgan fingerprint density at radius 1 is 1.35 bits per heavy atom. The zero-order chi connectivity index (χ0) is 13.9. The van der Waals surface area contributed by atoms with E-state index in [1.165, 1.54) is 0 Å². The average Bonchev–Trinajstić information content (AvgIpc) is 2.88. The number of rotatable bonds is 3. The van der Waals surface area contributed by atoms with Crippen LogP contribution in [0, 0.1) is 0 Å². The second-order valence-corrected chi connectivity index (χ2v) is 5.60. The van der Waals surface area contributed by atoms with Crippen LogP contribution in [0.1, 0.15) is 18.7 Å². The Balaban J connectivity index is 1.69. The molecule has 3 rings (SSSR count). The molecule has 2 heterocycles. The number of hydrogen-bond acceptors (Lipinski definition) is 5. The first-order valence-corrected chi connectivity index (χ1v) is 7.15. The van der Waals surface area contributed by atoms with Gasteiger partial charge in [-0.2, -0.15) is 4.98 Å². The zero-order valence-electron chi connectivity index (χ0n) is 11.1. The van der Waals surface area contributed by atoms with Gasteiger partial charge in [-0.3, -0.25) is 4.90 Å². The van der Waals surface area contributed by atoms with Crippen LogP contribution in [-0.4, -0.2) is 34.2 Å². The van der Waals surface area contributed by atoms with Crippen molar-refractivity contribution >= 4 is 11.6 Å². The quantitative estimate of drug-likeness (QED) is 0.940. The highest BCUT2D eigenvalue weighted by Crippen LogP contribution is 2.20. The molecule has 1 saturated heterocycles. The van der Waals surface area contributed by atoms with E-state index in [0.29, 0.717) is 23.3 Å². The first-order chi connectivity index (χ1) is 9.70. The Morgan fingerprint density at radius 2 is 2.15 bits per heavy atom. The predicted octanol–water partition coefficient (Wildman–Crippen LogP) is 2.31. The molecule has 0 radical (unpaired) electrons. The lowest BCUT2D eigenvalue weighted by molar-refractivity contribution is 0.195. The van der Waals surface area contributed by atoms with Gasteiger partial charge in [0.25, 0.3) is 5.89 Å². The summed E-state index contributed by atoms with van der Waals surface area (Å²) >= 11 is 5.86. The third kappa shape index (κ3) is 3.17. The van der Waals surface area contributed by atoms with Crippen molar-refractivity contribution in [1.29, 1.82) is 0 Å². The van der Waals surface area contributed by atoms with Crippen molar-refractivity contribution in [3.8, 4) is 11.5 Å². The summed E-state index contributed by atoms with van der Waals surface area (Å²) in [7, 11) is 0. The minimum Gasteiger partial charge on any atom is -0.334 e. The summed E-state index contributed by atoms with van der Waals surface area (Å²) in [5.41, 5.74) is 6.85. The number of nitrogens with two attached hydrogens (primary N) is 1. The molecule has 2 N–H and O–H groups in total. The molecule has 1 aromatic carbocycles. The van der Waals surface area contributed by atoms with Crippen LogP contribution in [0.4, 0.5) is 0 Å². The third-order valence-electron chi connectivity index (χ3n) is 3.47. The van der Waals surface area contributed by atoms with E-state index in [1.807, 2.05) is 24.3 Å². The van der Waals surface area contributed by atoms with E-state index >= 15 is 0 Å². The highest BCUT2D eigenvalue weighted by Gasteiger charge is 2.19. The molecular formula is C14H17ClN4O. The molecule has 1 unspecified atom stereocenters. The van der Waals surface area contributed by atoms with E-state index < -0.39 is 0 Å². The van der Waals surface area contributed by atoms with E-state index in [4.69, 9.17) is 21.9 Å². The Labute approximate surface area is 122 Å². The first kappa shape index (κ1) is 13.5. The number of benzene rings is 1. The number of aromatic nitrogens is 2. The van der Waals surface area contributed by atoms with Gasteiger partial charge in [0.15, 0.2) is 5.82 Å². The van der Waals surface area contributed by atoms with Crippen molar-refractivity contribution in [2.24, 2.45) is 5.73 Å². The lowest BCUT2D eigenvalue weighted by atomic mass is 10.1. The van der Waals surface area contributed by atoms with Crippen molar-refractivity contribution in [2.75, 3.05) is 13.1 Å². The molecule has 1 aromatic heterocycles. The van der Waals surface area contributed by atoms with E-state index in [0.717, 1.165) is 31.5 Å². The van der Waals surface area contributed by atoms with Crippen LogP contribution in [0.2, 0.25) is 5.02 Å². The predicted molar refractivity (Wildman–Crippen MR) is 77.2 cm³/mol. The van der Waals surface area contributed by atoms with Crippen LogP contribution in [0.25, 0.3) is 11.5 Å². The second kappa shape index (κ2) is 5.91. The molecule has 106 valence electrons. The Morgan fingerprint density at radius 3 is 2.90 bits per heavy atom. The maximum absolute atomic E-state index is 5.97. The lowest BCUT2D eigenvalue weighted by Gasteiger charge is -2.29. The molecule has 1 aliphatic rings. The maximum Gasteiger partial charge on any atom is 0.257 e. The van der Waals surface area contributed by atoms with E-state index in [-0.39, 0.29) is 6.04 Å². The molecule has 0 amide bonds. The molecule has 0 spiro atoms. The van der Waals surface area contributed by atoms with Crippen LogP contribution >= 0.6 is 11.6 Å². The van der Waals surface area contributed by atoms with E-state index in [9.17, 15) is 0 Å². The largest absolute Gasteiger partial charge is 0.334 e. The average molecular weight is 293 g/mol. The van der Waals surface area contributed by atoms with Crippen molar-refractivity contribution in [2.45, 2.75) is 25.4 Å². The van der Waals surface area contributed by atoms with Gasteiger partial charge in [-0.1, -0.05) is 16.8 Å². The summed E-state index contributed by atoms with van der Waals surface area (Å²) in [4.78, 5) is 6.69. The topological polar surface area (TPSA) is 68.2 Å². The second-order valence-electron chi connectivity index (χ2n) is 5.16. The summed E-state index contributed by atoms with van der Waals surface area (Å²) < 4.78 is 5.30. The molecule has 1 atom stereocenters.